The highest BCUT2D eigenvalue weighted by Crippen LogP contribution is 2.45. The van der Waals surface area contributed by atoms with E-state index in [1.165, 1.54) is 51.4 Å². The molecule has 3 N–H and O–H groups in total. The minimum absolute atomic E-state index is 0.0574. The van der Waals surface area contributed by atoms with E-state index in [9.17, 15) is 43.2 Å². The number of allylic oxidation sites excluding steroid dienone is 24. The van der Waals surface area contributed by atoms with Crippen LogP contribution >= 0.6 is 15.6 Å². The summed E-state index contributed by atoms with van der Waals surface area (Å²) in [6.45, 7) is 4.49. The molecule has 606 valence electrons. The maximum Gasteiger partial charge on any atom is 0.472 e. The summed E-state index contributed by atoms with van der Waals surface area (Å²) in [5.41, 5.74) is 0. The molecule has 0 amide bonds. The van der Waals surface area contributed by atoms with Crippen molar-refractivity contribution in [3.63, 3.8) is 0 Å². The van der Waals surface area contributed by atoms with Crippen LogP contribution in [0, 0.1) is 0 Å². The van der Waals surface area contributed by atoms with Crippen LogP contribution in [0.5, 0.6) is 0 Å². The van der Waals surface area contributed by atoms with Gasteiger partial charge in [-0.2, -0.15) is 0 Å². The fourth-order valence-electron chi connectivity index (χ4n) is 10.7. The summed E-state index contributed by atoms with van der Waals surface area (Å²) in [5.74, 6) is -2.24. The smallest absolute Gasteiger partial charge is 0.462 e. The summed E-state index contributed by atoms with van der Waals surface area (Å²) in [6, 6.07) is 0. The third-order valence-electron chi connectivity index (χ3n) is 16.8. The second-order valence-electron chi connectivity index (χ2n) is 26.9. The number of carbonyl (C=O) groups excluding carboxylic acids is 4. The number of phosphoric acid groups is 2. The number of carbonyl (C=O) groups is 4. The molecule has 0 aromatic rings. The first-order valence-electron chi connectivity index (χ1n) is 41.1. The molecular weight excluding hydrogens is 1380 g/mol. The highest BCUT2D eigenvalue weighted by Gasteiger charge is 2.30. The Kier molecular flexibility index (Phi) is 74.3. The van der Waals surface area contributed by atoms with Crippen LogP contribution in [-0.4, -0.2) is 96.7 Å². The number of phosphoric ester groups is 2. The van der Waals surface area contributed by atoms with Gasteiger partial charge in [0.1, 0.15) is 19.3 Å². The van der Waals surface area contributed by atoms with Crippen molar-refractivity contribution in [2.45, 2.75) is 341 Å². The van der Waals surface area contributed by atoms with E-state index in [0.29, 0.717) is 25.7 Å². The fourth-order valence-corrected chi connectivity index (χ4v) is 12.2. The monoisotopic (exact) mass is 1530 g/mol. The minimum atomic E-state index is -5.00. The Morgan fingerprint density at radius 2 is 0.491 bits per heavy atom. The second kappa shape index (κ2) is 78.1. The molecule has 0 saturated carbocycles. The Hall–Kier alpha value is -5.06. The first-order chi connectivity index (χ1) is 51.7. The van der Waals surface area contributed by atoms with Crippen LogP contribution < -0.4 is 0 Å². The zero-order valence-corrected chi connectivity index (χ0v) is 68.1. The Bertz CT molecular complexity index is 2580. The third-order valence-corrected chi connectivity index (χ3v) is 18.7. The molecule has 19 heteroatoms. The topological polar surface area (TPSA) is 237 Å². The van der Waals surface area contributed by atoms with Crippen LogP contribution in [-0.2, 0) is 65.4 Å². The maximum atomic E-state index is 13.1. The molecule has 5 atom stereocenters. The van der Waals surface area contributed by atoms with E-state index in [4.69, 9.17) is 37.0 Å². The molecule has 0 aromatic heterocycles. The second-order valence-corrected chi connectivity index (χ2v) is 29.8. The van der Waals surface area contributed by atoms with Crippen molar-refractivity contribution >= 4 is 39.5 Å². The van der Waals surface area contributed by atoms with Crippen molar-refractivity contribution < 1.29 is 80.2 Å². The molecule has 0 bridgehead atoms. The molecule has 0 saturated heterocycles. The van der Waals surface area contributed by atoms with Crippen molar-refractivity contribution in [2.24, 2.45) is 0 Å². The maximum absolute atomic E-state index is 13.1. The first kappa shape index (κ1) is 101. The van der Waals surface area contributed by atoms with Gasteiger partial charge in [-0.1, -0.05) is 302 Å². The molecule has 0 radical (unpaired) electrons. The van der Waals surface area contributed by atoms with Gasteiger partial charge in [-0.25, -0.2) is 9.13 Å². The molecule has 0 aliphatic rings. The zero-order valence-electron chi connectivity index (χ0n) is 66.3. The highest BCUT2D eigenvalue weighted by molar-refractivity contribution is 7.47. The van der Waals surface area contributed by atoms with E-state index in [1.54, 1.807) is 0 Å². The lowest BCUT2D eigenvalue weighted by molar-refractivity contribution is -0.161. The summed E-state index contributed by atoms with van der Waals surface area (Å²) in [7, 11) is -9.98. The van der Waals surface area contributed by atoms with Gasteiger partial charge < -0.3 is 33.8 Å². The molecule has 0 aromatic carbocycles. The average molecular weight is 1530 g/mol. The largest absolute Gasteiger partial charge is 0.472 e. The molecule has 106 heavy (non-hydrogen) atoms. The van der Waals surface area contributed by atoms with Gasteiger partial charge in [-0.05, 0) is 141 Å². The number of hydrogen-bond acceptors (Lipinski definition) is 15. The lowest BCUT2D eigenvalue weighted by Gasteiger charge is -2.21. The van der Waals surface area contributed by atoms with E-state index >= 15 is 0 Å². The first-order valence-corrected chi connectivity index (χ1v) is 44.1. The fraction of sp³-hybridized carbons (Fsp3) is 0.678. The summed E-state index contributed by atoms with van der Waals surface area (Å²) < 4.78 is 68.7. The normalized spacial score (nSPS) is 14.6. The Morgan fingerprint density at radius 3 is 0.755 bits per heavy atom. The van der Waals surface area contributed by atoms with Gasteiger partial charge in [0, 0.05) is 25.7 Å². The van der Waals surface area contributed by atoms with Crippen LogP contribution in [0.4, 0.5) is 0 Å². The van der Waals surface area contributed by atoms with E-state index < -0.39 is 97.5 Å². The van der Waals surface area contributed by atoms with Gasteiger partial charge in [0.25, 0.3) is 0 Å². The highest BCUT2D eigenvalue weighted by atomic mass is 31.2. The predicted octanol–water partition coefficient (Wildman–Crippen LogP) is 24.2. The van der Waals surface area contributed by atoms with Crippen LogP contribution in [0.2, 0.25) is 0 Å². The number of aliphatic hydroxyl groups excluding tert-OH is 1. The van der Waals surface area contributed by atoms with E-state index in [1.807, 2.05) is 0 Å². The zero-order chi connectivity index (χ0) is 77.4. The van der Waals surface area contributed by atoms with Crippen molar-refractivity contribution in [2.75, 3.05) is 39.6 Å². The molecule has 0 aliphatic heterocycles. The van der Waals surface area contributed by atoms with Gasteiger partial charge in [-0.15, -0.1) is 0 Å². The Labute approximate surface area is 643 Å². The molecule has 0 aliphatic carbocycles. The van der Waals surface area contributed by atoms with Gasteiger partial charge in [0.2, 0.25) is 0 Å². The number of unbranched alkanes of at least 4 members (excludes halogenated alkanes) is 26. The number of ether oxygens (including phenoxy) is 4. The van der Waals surface area contributed by atoms with Crippen LogP contribution in [0.3, 0.4) is 0 Å². The van der Waals surface area contributed by atoms with Gasteiger partial charge in [-0.3, -0.25) is 37.3 Å². The van der Waals surface area contributed by atoms with Gasteiger partial charge >= 0.3 is 39.5 Å². The summed E-state index contributed by atoms with van der Waals surface area (Å²) in [4.78, 5) is 73.1. The van der Waals surface area contributed by atoms with Crippen molar-refractivity contribution in [1.29, 1.82) is 0 Å². The SMILES string of the molecule is CC/C=C\C/C=C\C/C=C\C/C=C\CCCCCCCCC(=O)OCC(COP(=O)(O)OCC(O)COP(=O)(O)OCC(COC(=O)CCCCCC/C=C\C/C=C\C/C=C\C/C=C\CC)OC(=O)CCCCCC/C=C\C/C=C\C/C=C\C/C=C\CC)OC(=O)CCCCCCCCCCCCCCC. The third kappa shape index (κ3) is 77.1. The van der Waals surface area contributed by atoms with Gasteiger partial charge in [0.15, 0.2) is 12.2 Å². The number of esters is 4. The quantitative estimate of drug-likeness (QED) is 0.0169. The predicted molar refractivity (Wildman–Crippen MR) is 436 cm³/mol. The van der Waals surface area contributed by atoms with Crippen molar-refractivity contribution in [3.8, 4) is 0 Å². The van der Waals surface area contributed by atoms with Crippen LogP contribution in [0.15, 0.2) is 146 Å². The Balaban J connectivity index is 5.41. The van der Waals surface area contributed by atoms with Crippen LogP contribution in [0.25, 0.3) is 0 Å². The lowest BCUT2D eigenvalue weighted by atomic mass is 10.0. The van der Waals surface area contributed by atoms with Crippen LogP contribution in [0.1, 0.15) is 323 Å². The molecule has 0 spiro atoms. The average Bonchev–Trinajstić information content (AvgIpc) is 0.900. The van der Waals surface area contributed by atoms with E-state index in [0.717, 1.165) is 193 Å². The molecule has 17 nitrogen and oxygen atoms in total. The Morgan fingerprint density at radius 1 is 0.274 bits per heavy atom. The number of aliphatic hydroxyl groups is 1. The standard InChI is InChI=1S/C87H146O17P2/c1-5-9-13-17-21-25-29-33-36-39-40-43-45-49-52-56-60-64-68-72-85(90)97-77-82(103-86(91)73-69-65-61-57-53-47-32-28-24-20-16-12-8-4)79-101-105(93,94)99-75-81(88)76-100-106(95,96)102-80-83(104-87(92)74-70-66-62-58-54-50-46-42-38-35-31-27-23-19-15-11-7-3)78-98-84(89)71-67-63-59-55-51-48-44-41-37-34-30-26-22-18-14-10-6-2/h9-11,13-15,21-23,25-27,33-38,40,43-44,46,48,50,81-83,88H,5-8,12,16-20,24,28-32,39,41-42,45,47,49,51-80H2,1-4H3,(H,93,94)(H,95,96)/b13-9-,14-10-,15-11-,25-21-,26-22-,27-23-,36-33-,37-34-,38-35-,43-40-,48-44-,50-46-. The minimum Gasteiger partial charge on any atom is -0.462 e. The summed E-state index contributed by atoms with van der Waals surface area (Å²) >= 11 is 0. The molecular formula is C87H146O17P2. The van der Waals surface area contributed by atoms with E-state index in [-0.39, 0.29) is 25.7 Å². The van der Waals surface area contributed by atoms with Gasteiger partial charge in [0.05, 0.1) is 26.4 Å². The lowest BCUT2D eigenvalue weighted by Crippen LogP contribution is -2.30. The molecule has 0 heterocycles. The van der Waals surface area contributed by atoms with Crippen molar-refractivity contribution in [1.82, 2.24) is 0 Å². The molecule has 0 rings (SSSR count). The number of hydrogen-bond donors (Lipinski definition) is 3. The summed E-state index contributed by atoms with van der Waals surface area (Å²) in [6.07, 6.45) is 89.6. The summed E-state index contributed by atoms with van der Waals surface area (Å²) in [5, 5.41) is 10.7. The molecule has 5 unspecified atom stereocenters. The number of rotatable bonds is 76. The van der Waals surface area contributed by atoms with E-state index in [2.05, 4.69) is 174 Å². The van der Waals surface area contributed by atoms with Crippen molar-refractivity contribution in [3.05, 3.63) is 146 Å². The molecule has 0 fully saturated rings.